The van der Waals surface area contributed by atoms with Gasteiger partial charge in [-0.2, -0.15) is 0 Å². The predicted octanol–water partition coefficient (Wildman–Crippen LogP) is -0.414. The Bertz CT molecular complexity index is 446. The summed E-state index contributed by atoms with van der Waals surface area (Å²) in [5.74, 6) is -0.680. The Morgan fingerprint density at radius 2 is 1.33 bits per heavy atom. The van der Waals surface area contributed by atoms with Gasteiger partial charge in [0, 0.05) is 32.1 Å². The first-order valence-corrected chi connectivity index (χ1v) is 8.90. The average molecular weight is 338 g/mol. The SMILES string of the molecule is CC(=O)C(CN1CCCC(C(N)=O)C1)CN1CCCC(C(N)=O)C1. The number of nitrogens with zero attached hydrogens (tertiary/aromatic N) is 2. The molecule has 0 aromatic carbocycles. The molecule has 0 aromatic heterocycles. The van der Waals surface area contributed by atoms with Crippen molar-refractivity contribution in [3.63, 3.8) is 0 Å². The highest BCUT2D eigenvalue weighted by atomic mass is 16.1. The predicted molar refractivity (Wildman–Crippen MR) is 90.9 cm³/mol. The fraction of sp³-hybridized carbons (Fsp3) is 0.824. The monoisotopic (exact) mass is 338 g/mol. The van der Waals surface area contributed by atoms with E-state index in [1.807, 2.05) is 0 Å². The smallest absolute Gasteiger partial charge is 0.221 e. The number of likely N-dealkylation sites (tertiary alicyclic amines) is 2. The van der Waals surface area contributed by atoms with E-state index in [-0.39, 0.29) is 35.4 Å². The lowest BCUT2D eigenvalue weighted by atomic mass is 9.93. The van der Waals surface area contributed by atoms with Crippen molar-refractivity contribution in [1.82, 2.24) is 9.80 Å². The third-order valence-corrected chi connectivity index (χ3v) is 5.35. The summed E-state index contributed by atoms with van der Waals surface area (Å²) in [4.78, 5) is 39.3. The van der Waals surface area contributed by atoms with E-state index < -0.39 is 0 Å². The number of primary amides is 2. The summed E-state index contributed by atoms with van der Waals surface area (Å²) in [6, 6.07) is 0. The van der Waals surface area contributed by atoms with Crippen LogP contribution in [0.25, 0.3) is 0 Å². The maximum atomic E-state index is 12.1. The summed E-state index contributed by atoms with van der Waals surface area (Å²) in [6.07, 6.45) is 3.55. The van der Waals surface area contributed by atoms with Crippen molar-refractivity contribution < 1.29 is 14.4 Å². The highest BCUT2D eigenvalue weighted by Crippen LogP contribution is 2.20. The molecule has 2 amide bonds. The molecule has 2 heterocycles. The number of nitrogens with two attached hydrogens (primary N) is 2. The topological polar surface area (TPSA) is 110 Å². The van der Waals surface area contributed by atoms with Gasteiger partial charge in [0.1, 0.15) is 5.78 Å². The highest BCUT2D eigenvalue weighted by molar-refractivity contribution is 5.79. The number of amides is 2. The van der Waals surface area contributed by atoms with Crippen molar-refractivity contribution in [3.8, 4) is 0 Å². The number of piperidine rings is 2. The van der Waals surface area contributed by atoms with Gasteiger partial charge >= 0.3 is 0 Å². The Hall–Kier alpha value is -1.47. The molecule has 0 radical (unpaired) electrons. The summed E-state index contributed by atoms with van der Waals surface area (Å²) in [5, 5.41) is 0. The summed E-state index contributed by atoms with van der Waals surface area (Å²) in [7, 11) is 0. The number of ketones is 1. The molecule has 2 atom stereocenters. The number of rotatable bonds is 7. The van der Waals surface area contributed by atoms with Crippen molar-refractivity contribution in [1.29, 1.82) is 0 Å². The van der Waals surface area contributed by atoms with Gasteiger partial charge in [0.05, 0.1) is 11.8 Å². The minimum atomic E-state index is -0.251. The molecular formula is C17H30N4O3. The van der Waals surface area contributed by atoms with Gasteiger partial charge in [-0.3, -0.25) is 14.4 Å². The van der Waals surface area contributed by atoms with E-state index >= 15 is 0 Å². The molecule has 4 N–H and O–H groups in total. The van der Waals surface area contributed by atoms with Crippen molar-refractivity contribution in [2.24, 2.45) is 29.2 Å². The van der Waals surface area contributed by atoms with E-state index in [1.54, 1.807) is 6.92 Å². The van der Waals surface area contributed by atoms with Crippen LogP contribution in [-0.2, 0) is 14.4 Å². The number of Topliss-reactive ketones (excluding diaryl/α,β-unsaturated/α-hetero) is 1. The summed E-state index contributed by atoms with van der Waals surface area (Å²) < 4.78 is 0. The van der Waals surface area contributed by atoms with Crippen LogP contribution in [0.3, 0.4) is 0 Å². The second-order valence-corrected chi connectivity index (χ2v) is 7.31. The molecule has 2 aliphatic heterocycles. The minimum absolute atomic E-state index is 0.108. The van der Waals surface area contributed by atoms with E-state index in [2.05, 4.69) is 9.80 Å². The van der Waals surface area contributed by atoms with Crippen LogP contribution >= 0.6 is 0 Å². The van der Waals surface area contributed by atoms with Gasteiger partial charge in [0.2, 0.25) is 11.8 Å². The van der Waals surface area contributed by atoms with Gasteiger partial charge in [0.15, 0.2) is 0 Å². The number of hydrogen-bond donors (Lipinski definition) is 2. The van der Waals surface area contributed by atoms with Crippen LogP contribution in [0.4, 0.5) is 0 Å². The van der Waals surface area contributed by atoms with Gasteiger partial charge in [-0.25, -0.2) is 0 Å². The first-order valence-electron chi connectivity index (χ1n) is 8.90. The number of carbonyl (C=O) groups excluding carboxylic acids is 3. The Labute approximate surface area is 143 Å². The maximum Gasteiger partial charge on any atom is 0.221 e. The van der Waals surface area contributed by atoms with Crippen molar-refractivity contribution in [2.45, 2.75) is 32.6 Å². The second-order valence-electron chi connectivity index (χ2n) is 7.31. The Balaban J connectivity index is 1.91. The molecule has 24 heavy (non-hydrogen) atoms. The first kappa shape index (κ1) is 18.9. The molecule has 136 valence electrons. The van der Waals surface area contributed by atoms with E-state index in [4.69, 9.17) is 11.5 Å². The van der Waals surface area contributed by atoms with E-state index in [0.29, 0.717) is 26.2 Å². The van der Waals surface area contributed by atoms with Gasteiger partial charge in [0.25, 0.3) is 0 Å². The molecule has 2 unspecified atom stereocenters. The van der Waals surface area contributed by atoms with E-state index in [0.717, 1.165) is 38.8 Å². The standard InChI is InChI=1S/C17H30N4O3/c1-12(22)15(10-20-6-2-4-13(8-20)16(18)23)11-21-7-3-5-14(9-21)17(19)24/h13-15H,2-11H2,1H3,(H2,18,23)(H2,19,24). The molecule has 0 aromatic rings. The van der Waals surface area contributed by atoms with Crippen LogP contribution in [0.5, 0.6) is 0 Å². The normalized spacial score (nSPS) is 27.5. The Morgan fingerprint density at radius 3 is 1.67 bits per heavy atom. The van der Waals surface area contributed by atoms with Crippen LogP contribution in [0.15, 0.2) is 0 Å². The molecular weight excluding hydrogens is 308 g/mol. The number of hydrogen-bond acceptors (Lipinski definition) is 5. The van der Waals surface area contributed by atoms with E-state index in [9.17, 15) is 14.4 Å². The Morgan fingerprint density at radius 1 is 0.917 bits per heavy atom. The zero-order valence-electron chi connectivity index (χ0n) is 14.6. The molecule has 2 fully saturated rings. The summed E-state index contributed by atoms with van der Waals surface area (Å²) in [6.45, 7) is 6.00. The van der Waals surface area contributed by atoms with Gasteiger partial charge in [-0.05, 0) is 45.7 Å². The molecule has 0 saturated carbocycles. The largest absolute Gasteiger partial charge is 0.369 e. The van der Waals surface area contributed by atoms with Gasteiger partial charge in [-0.1, -0.05) is 0 Å². The molecule has 2 rings (SSSR count). The van der Waals surface area contributed by atoms with Crippen LogP contribution in [0, 0.1) is 17.8 Å². The molecule has 0 aliphatic carbocycles. The van der Waals surface area contributed by atoms with Crippen LogP contribution in [-0.4, -0.2) is 66.7 Å². The minimum Gasteiger partial charge on any atom is -0.369 e. The molecule has 0 bridgehead atoms. The van der Waals surface area contributed by atoms with Gasteiger partial charge < -0.3 is 21.3 Å². The quantitative estimate of drug-likeness (QED) is 0.655. The molecule has 0 spiro atoms. The molecule has 2 aliphatic rings. The van der Waals surface area contributed by atoms with Crippen molar-refractivity contribution in [3.05, 3.63) is 0 Å². The third kappa shape index (κ3) is 5.27. The lowest BCUT2D eigenvalue weighted by molar-refractivity contribution is -0.124. The van der Waals surface area contributed by atoms with Crippen molar-refractivity contribution >= 4 is 17.6 Å². The van der Waals surface area contributed by atoms with Crippen molar-refractivity contribution in [2.75, 3.05) is 39.3 Å². The summed E-state index contributed by atoms with van der Waals surface area (Å²) in [5.41, 5.74) is 10.9. The molecule has 7 heteroatoms. The highest BCUT2D eigenvalue weighted by Gasteiger charge is 2.30. The lowest BCUT2D eigenvalue weighted by Gasteiger charge is -2.36. The van der Waals surface area contributed by atoms with Crippen LogP contribution in [0.1, 0.15) is 32.6 Å². The lowest BCUT2D eigenvalue weighted by Crippen LogP contribution is -2.48. The second kappa shape index (κ2) is 8.58. The maximum absolute atomic E-state index is 12.1. The van der Waals surface area contributed by atoms with Crippen LogP contribution in [0.2, 0.25) is 0 Å². The fourth-order valence-corrected chi connectivity index (χ4v) is 3.85. The zero-order valence-corrected chi connectivity index (χ0v) is 14.6. The first-order chi connectivity index (χ1) is 11.4. The number of carbonyl (C=O) groups is 3. The van der Waals surface area contributed by atoms with E-state index in [1.165, 1.54) is 0 Å². The summed E-state index contributed by atoms with van der Waals surface area (Å²) >= 11 is 0. The molecule has 2 saturated heterocycles. The molecule has 7 nitrogen and oxygen atoms in total. The average Bonchev–Trinajstić information content (AvgIpc) is 2.54. The van der Waals surface area contributed by atoms with Crippen LogP contribution < -0.4 is 11.5 Å². The third-order valence-electron chi connectivity index (χ3n) is 5.35. The fourth-order valence-electron chi connectivity index (χ4n) is 3.85. The Kier molecular flexibility index (Phi) is 6.74. The zero-order chi connectivity index (χ0) is 17.7. The van der Waals surface area contributed by atoms with Gasteiger partial charge in [-0.15, -0.1) is 0 Å².